The standard InChI is InChI=1S/C14H15FN/c1-2-9-16-10-11-7-8-14(15)13-6-4-3-5-12(11)13/h3-8H,2,9-10H2,1H3. The van der Waals surface area contributed by atoms with Crippen LogP contribution >= 0.6 is 0 Å². The van der Waals surface area contributed by atoms with Crippen LogP contribution < -0.4 is 5.32 Å². The van der Waals surface area contributed by atoms with Gasteiger partial charge < -0.3 is 0 Å². The lowest BCUT2D eigenvalue weighted by atomic mass is 10.0. The maximum absolute atomic E-state index is 13.5. The summed E-state index contributed by atoms with van der Waals surface area (Å²) < 4.78 is 13.5. The molecule has 0 unspecified atom stereocenters. The van der Waals surface area contributed by atoms with Crippen molar-refractivity contribution in [3.63, 3.8) is 0 Å². The summed E-state index contributed by atoms with van der Waals surface area (Å²) in [5.74, 6) is -0.158. The predicted octanol–water partition coefficient (Wildman–Crippen LogP) is 3.49. The molecule has 2 heteroatoms. The smallest absolute Gasteiger partial charge is 0.131 e. The summed E-state index contributed by atoms with van der Waals surface area (Å²) >= 11 is 0. The van der Waals surface area contributed by atoms with E-state index in [0.717, 1.165) is 23.9 Å². The number of hydrogen-bond donors (Lipinski definition) is 0. The third-order valence-corrected chi connectivity index (χ3v) is 2.63. The van der Waals surface area contributed by atoms with E-state index < -0.39 is 0 Å². The van der Waals surface area contributed by atoms with Gasteiger partial charge in [-0.1, -0.05) is 37.3 Å². The number of hydrogen-bond acceptors (Lipinski definition) is 0. The largest absolute Gasteiger partial charge is 0.237 e. The molecule has 2 aromatic rings. The Kier molecular flexibility index (Phi) is 3.52. The summed E-state index contributed by atoms with van der Waals surface area (Å²) in [6, 6.07) is 10.9. The van der Waals surface area contributed by atoms with Crippen molar-refractivity contribution >= 4 is 10.8 Å². The zero-order chi connectivity index (χ0) is 11.4. The average Bonchev–Trinajstić information content (AvgIpc) is 2.33. The molecule has 0 saturated carbocycles. The van der Waals surface area contributed by atoms with Crippen LogP contribution in [0.3, 0.4) is 0 Å². The lowest BCUT2D eigenvalue weighted by Crippen LogP contribution is -2.06. The van der Waals surface area contributed by atoms with E-state index in [2.05, 4.69) is 12.2 Å². The second kappa shape index (κ2) is 5.08. The molecule has 2 aromatic carbocycles. The molecule has 16 heavy (non-hydrogen) atoms. The van der Waals surface area contributed by atoms with Crippen LogP contribution in [0.5, 0.6) is 0 Å². The Morgan fingerprint density at radius 1 is 1.06 bits per heavy atom. The van der Waals surface area contributed by atoms with Gasteiger partial charge in [0.2, 0.25) is 0 Å². The third-order valence-electron chi connectivity index (χ3n) is 2.63. The maximum Gasteiger partial charge on any atom is 0.131 e. The van der Waals surface area contributed by atoms with E-state index in [0.29, 0.717) is 11.9 Å². The van der Waals surface area contributed by atoms with Crippen molar-refractivity contribution in [1.29, 1.82) is 0 Å². The van der Waals surface area contributed by atoms with E-state index in [4.69, 9.17) is 0 Å². The van der Waals surface area contributed by atoms with Gasteiger partial charge in [-0.3, -0.25) is 0 Å². The van der Waals surface area contributed by atoms with Gasteiger partial charge in [0.05, 0.1) is 0 Å². The highest BCUT2D eigenvalue weighted by atomic mass is 19.1. The quantitative estimate of drug-likeness (QED) is 0.694. The van der Waals surface area contributed by atoms with Crippen LogP contribution in [0.4, 0.5) is 4.39 Å². The maximum atomic E-state index is 13.5. The van der Waals surface area contributed by atoms with E-state index in [9.17, 15) is 4.39 Å². The Morgan fingerprint density at radius 3 is 2.56 bits per heavy atom. The highest BCUT2D eigenvalue weighted by Gasteiger charge is 2.04. The second-order valence-corrected chi connectivity index (χ2v) is 3.86. The molecule has 0 aromatic heterocycles. The van der Waals surface area contributed by atoms with Gasteiger partial charge in [0, 0.05) is 18.5 Å². The fraction of sp³-hybridized carbons (Fsp3) is 0.286. The molecule has 0 fully saturated rings. The van der Waals surface area contributed by atoms with Crippen LogP contribution in [0.2, 0.25) is 0 Å². The normalized spacial score (nSPS) is 10.9. The molecule has 2 rings (SSSR count). The zero-order valence-corrected chi connectivity index (χ0v) is 9.41. The number of fused-ring (bicyclic) bond motifs is 1. The first kappa shape index (κ1) is 11.1. The molecule has 0 aliphatic rings. The van der Waals surface area contributed by atoms with E-state index in [1.807, 2.05) is 30.3 Å². The van der Waals surface area contributed by atoms with Gasteiger partial charge in [-0.15, -0.1) is 0 Å². The Bertz CT molecular complexity index is 479. The molecule has 0 atom stereocenters. The fourth-order valence-corrected chi connectivity index (χ4v) is 1.82. The van der Waals surface area contributed by atoms with Crippen molar-refractivity contribution in [2.24, 2.45) is 0 Å². The van der Waals surface area contributed by atoms with Gasteiger partial charge in [0.15, 0.2) is 0 Å². The summed E-state index contributed by atoms with van der Waals surface area (Å²) in [5, 5.41) is 6.08. The molecular weight excluding hydrogens is 201 g/mol. The van der Waals surface area contributed by atoms with Gasteiger partial charge in [-0.2, -0.15) is 0 Å². The minimum absolute atomic E-state index is 0.158. The topological polar surface area (TPSA) is 14.1 Å². The van der Waals surface area contributed by atoms with Crippen LogP contribution in [-0.4, -0.2) is 6.54 Å². The van der Waals surface area contributed by atoms with E-state index in [-0.39, 0.29) is 5.82 Å². The number of benzene rings is 2. The molecule has 0 saturated heterocycles. The van der Waals surface area contributed by atoms with Crippen molar-refractivity contribution in [2.45, 2.75) is 19.9 Å². The summed E-state index contributed by atoms with van der Waals surface area (Å²) in [4.78, 5) is 0. The molecule has 0 N–H and O–H groups in total. The first-order chi connectivity index (χ1) is 7.83. The second-order valence-electron chi connectivity index (χ2n) is 3.86. The SMILES string of the molecule is CCC[N]Cc1ccc(F)c2ccccc12. The Balaban J connectivity index is 2.35. The van der Waals surface area contributed by atoms with Gasteiger partial charge in [0.25, 0.3) is 0 Å². The minimum Gasteiger partial charge on any atom is -0.237 e. The highest BCUT2D eigenvalue weighted by molar-refractivity contribution is 5.86. The Hall–Kier alpha value is -1.41. The number of halogens is 1. The van der Waals surface area contributed by atoms with Crippen LogP contribution in [-0.2, 0) is 6.54 Å². The number of nitrogens with zero attached hydrogens (tertiary/aromatic N) is 1. The lowest BCUT2D eigenvalue weighted by molar-refractivity contribution is 0.636. The first-order valence-electron chi connectivity index (χ1n) is 5.62. The molecule has 0 aliphatic carbocycles. The van der Waals surface area contributed by atoms with E-state index >= 15 is 0 Å². The van der Waals surface area contributed by atoms with Gasteiger partial charge in [0.1, 0.15) is 5.82 Å². The summed E-state index contributed by atoms with van der Waals surface area (Å²) in [7, 11) is 0. The summed E-state index contributed by atoms with van der Waals surface area (Å²) in [5.41, 5.74) is 1.10. The molecular formula is C14H15FN. The van der Waals surface area contributed by atoms with Crippen molar-refractivity contribution in [2.75, 3.05) is 6.54 Å². The third kappa shape index (κ3) is 2.22. The number of rotatable bonds is 4. The van der Waals surface area contributed by atoms with Crippen molar-refractivity contribution in [3.8, 4) is 0 Å². The minimum atomic E-state index is -0.158. The van der Waals surface area contributed by atoms with Gasteiger partial charge in [-0.25, -0.2) is 9.71 Å². The van der Waals surface area contributed by atoms with E-state index in [1.54, 1.807) is 0 Å². The van der Waals surface area contributed by atoms with Crippen molar-refractivity contribution < 1.29 is 4.39 Å². The molecule has 0 aliphatic heterocycles. The molecule has 83 valence electrons. The van der Waals surface area contributed by atoms with Crippen LogP contribution in [0.25, 0.3) is 10.8 Å². The summed E-state index contributed by atoms with van der Waals surface area (Å²) in [6.07, 6.45) is 1.05. The summed E-state index contributed by atoms with van der Waals surface area (Å²) in [6.45, 7) is 3.65. The van der Waals surface area contributed by atoms with Crippen molar-refractivity contribution in [1.82, 2.24) is 5.32 Å². The monoisotopic (exact) mass is 216 g/mol. The van der Waals surface area contributed by atoms with Crippen molar-refractivity contribution in [3.05, 3.63) is 47.8 Å². The van der Waals surface area contributed by atoms with E-state index in [1.165, 1.54) is 6.07 Å². The fourth-order valence-electron chi connectivity index (χ4n) is 1.82. The van der Waals surface area contributed by atoms with Crippen LogP contribution in [0, 0.1) is 5.82 Å². The zero-order valence-electron chi connectivity index (χ0n) is 9.41. The molecule has 1 nitrogen and oxygen atoms in total. The van der Waals surface area contributed by atoms with Gasteiger partial charge in [-0.05, 0) is 23.4 Å². The average molecular weight is 216 g/mol. The molecule has 0 spiro atoms. The molecule has 0 bridgehead atoms. The highest BCUT2D eigenvalue weighted by Crippen LogP contribution is 2.21. The molecule has 0 heterocycles. The van der Waals surface area contributed by atoms with Crippen LogP contribution in [0.1, 0.15) is 18.9 Å². The molecule has 1 radical (unpaired) electrons. The lowest BCUT2D eigenvalue weighted by Gasteiger charge is -2.07. The van der Waals surface area contributed by atoms with Gasteiger partial charge >= 0.3 is 0 Å². The predicted molar refractivity (Wildman–Crippen MR) is 64.9 cm³/mol. The Morgan fingerprint density at radius 2 is 1.81 bits per heavy atom. The first-order valence-corrected chi connectivity index (χ1v) is 5.62. The van der Waals surface area contributed by atoms with Crippen LogP contribution in [0.15, 0.2) is 36.4 Å². The molecule has 0 amide bonds. The Labute approximate surface area is 95.3 Å².